The van der Waals surface area contributed by atoms with E-state index < -0.39 is 11.0 Å². The molecular formula is C9H9BrN2O3. The van der Waals surface area contributed by atoms with Gasteiger partial charge in [-0.25, -0.2) is 0 Å². The van der Waals surface area contributed by atoms with Crippen LogP contribution in [0.25, 0.3) is 0 Å². The van der Waals surface area contributed by atoms with Crippen LogP contribution in [0.15, 0.2) is 22.7 Å². The van der Waals surface area contributed by atoms with Crippen molar-refractivity contribution in [3.63, 3.8) is 0 Å². The van der Waals surface area contributed by atoms with E-state index in [0.717, 1.165) is 0 Å². The minimum absolute atomic E-state index is 0.131. The first-order valence-corrected chi connectivity index (χ1v) is 4.96. The SMILES string of the molecule is CC(N)C(=O)c1cc(Br)cc([N+](=O)[O-])c1. The van der Waals surface area contributed by atoms with Crippen molar-refractivity contribution in [2.75, 3.05) is 0 Å². The Morgan fingerprint density at radius 1 is 1.53 bits per heavy atom. The van der Waals surface area contributed by atoms with Crippen LogP contribution in [0.1, 0.15) is 17.3 Å². The molecule has 0 saturated carbocycles. The van der Waals surface area contributed by atoms with Crippen LogP contribution < -0.4 is 5.73 Å². The predicted octanol–water partition coefficient (Wildman–Crippen LogP) is 1.89. The highest BCUT2D eigenvalue weighted by atomic mass is 79.9. The Labute approximate surface area is 94.5 Å². The Bertz CT molecular complexity index is 418. The quantitative estimate of drug-likeness (QED) is 0.517. The molecule has 80 valence electrons. The summed E-state index contributed by atoms with van der Waals surface area (Å²) in [7, 11) is 0. The van der Waals surface area contributed by atoms with Crippen LogP contribution in [0.3, 0.4) is 0 Å². The van der Waals surface area contributed by atoms with E-state index in [1.54, 1.807) is 0 Å². The molecule has 1 aromatic carbocycles. The number of rotatable bonds is 3. The minimum Gasteiger partial charge on any atom is -0.321 e. The average Bonchev–Trinajstić information content (AvgIpc) is 2.15. The molecule has 0 fully saturated rings. The number of nitro groups is 1. The van der Waals surface area contributed by atoms with Crippen molar-refractivity contribution in [1.82, 2.24) is 0 Å². The smallest absolute Gasteiger partial charge is 0.271 e. The molecule has 0 aliphatic heterocycles. The molecule has 0 spiro atoms. The van der Waals surface area contributed by atoms with E-state index in [0.29, 0.717) is 4.47 Å². The lowest BCUT2D eigenvalue weighted by Gasteiger charge is -2.04. The second-order valence-corrected chi connectivity index (χ2v) is 4.02. The van der Waals surface area contributed by atoms with Gasteiger partial charge >= 0.3 is 0 Å². The fourth-order valence-electron chi connectivity index (χ4n) is 1.08. The van der Waals surface area contributed by atoms with Gasteiger partial charge in [0.1, 0.15) is 0 Å². The van der Waals surface area contributed by atoms with Gasteiger partial charge in [-0.3, -0.25) is 14.9 Å². The predicted molar refractivity (Wildman–Crippen MR) is 58.8 cm³/mol. The molecule has 0 aliphatic rings. The summed E-state index contributed by atoms with van der Waals surface area (Å²) in [4.78, 5) is 21.5. The zero-order valence-electron chi connectivity index (χ0n) is 7.94. The summed E-state index contributed by atoms with van der Waals surface area (Å²) in [6.07, 6.45) is 0. The topological polar surface area (TPSA) is 86.2 Å². The van der Waals surface area contributed by atoms with E-state index in [4.69, 9.17) is 5.73 Å². The maximum absolute atomic E-state index is 11.5. The molecule has 6 heteroatoms. The van der Waals surface area contributed by atoms with Gasteiger partial charge in [0, 0.05) is 22.2 Å². The van der Waals surface area contributed by atoms with Crippen LogP contribution in [0.4, 0.5) is 5.69 Å². The largest absolute Gasteiger partial charge is 0.321 e. The number of nitrogens with zero attached hydrogens (tertiary/aromatic N) is 1. The third kappa shape index (κ3) is 2.84. The van der Waals surface area contributed by atoms with Gasteiger partial charge in [-0.05, 0) is 13.0 Å². The van der Waals surface area contributed by atoms with Gasteiger partial charge in [0.05, 0.1) is 11.0 Å². The van der Waals surface area contributed by atoms with Gasteiger partial charge in [0.15, 0.2) is 5.78 Å². The fraction of sp³-hybridized carbons (Fsp3) is 0.222. The van der Waals surface area contributed by atoms with Gasteiger partial charge in [0.2, 0.25) is 0 Å². The molecule has 0 heterocycles. The van der Waals surface area contributed by atoms with E-state index in [1.165, 1.54) is 25.1 Å². The zero-order chi connectivity index (χ0) is 11.6. The third-order valence-electron chi connectivity index (χ3n) is 1.79. The molecule has 0 aliphatic carbocycles. The van der Waals surface area contributed by atoms with E-state index in [-0.39, 0.29) is 17.0 Å². The highest BCUT2D eigenvalue weighted by Gasteiger charge is 2.16. The monoisotopic (exact) mass is 272 g/mol. The standard InChI is InChI=1S/C9H9BrN2O3/c1-5(11)9(13)6-2-7(10)4-8(3-6)12(14)15/h2-5H,11H2,1H3. The molecule has 0 bridgehead atoms. The maximum atomic E-state index is 11.5. The number of nitro benzene ring substituents is 1. The Morgan fingerprint density at radius 2 is 2.13 bits per heavy atom. The molecule has 1 aromatic rings. The Morgan fingerprint density at radius 3 is 2.60 bits per heavy atom. The van der Waals surface area contributed by atoms with Gasteiger partial charge in [-0.2, -0.15) is 0 Å². The number of benzene rings is 1. The molecule has 0 radical (unpaired) electrons. The number of hydrogen-bond donors (Lipinski definition) is 1. The van der Waals surface area contributed by atoms with Crippen molar-refractivity contribution >= 4 is 27.4 Å². The zero-order valence-corrected chi connectivity index (χ0v) is 9.52. The summed E-state index contributed by atoms with van der Waals surface area (Å²) in [6.45, 7) is 1.54. The van der Waals surface area contributed by atoms with E-state index in [2.05, 4.69) is 15.9 Å². The van der Waals surface area contributed by atoms with Crippen LogP contribution in [0.2, 0.25) is 0 Å². The van der Waals surface area contributed by atoms with Crippen LogP contribution >= 0.6 is 15.9 Å². The molecule has 1 unspecified atom stereocenters. The first-order chi connectivity index (χ1) is 6.91. The molecular weight excluding hydrogens is 264 g/mol. The molecule has 1 rings (SSSR count). The number of ketones is 1. The van der Waals surface area contributed by atoms with Crippen molar-refractivity contribution in [2.24, 2.45) is 5.73 Å². The number of Topliss-reactive ketones (excluding diaryl/α,β-unsaturated/α-hetero) is 1. The fourth-order valence-corrected chi connectivity index (χ4v) is 1.57. The Kier molecular flexibility index (Phi) is 3.54. The van der Waals surface area contributed by atoms with Crippen molar-refractivity contribution < 1.29 is 9.72 Å². The molecule has 0 saturated heterocycles. The first kappa shape index (κ1) is 11.8. The number of halogens is 1. The lowest BCUT2D eigenvalue weighted by Crippen LogP contribution is -2.26. The number of nitrogens with two attached hydrogens (primary N) is 1. The van der Waals surface area contributed by atoms with Crippen molar-refractivity contribution in [3.05, 3.63) is 38.3 Å². The van der Waals surface area contributed by atoms with Gasteiger partial charge in [-0.15, -0.1) is 0 Å². The average molecular weight is 273 g/mol. The second kappa shape index (κ2) is 4.50. The number of carbonyl (C=O) groups excluding carboxylic acids is 1. The number of hydrogen-bond acceptors (Lipinski definition) is 4. The lowest BCUT2D eigenvalue weighted by atomic mass is 10.1. The van der Waals surface area contributed by atoms with Gasteiger partial charge < -0.3 is 5.73 Å². The van der Waals surface area contributed by atoms with Gasteiger partial charge in [-0.1, -0.05) is 15.9 Å². The van der Waals surface area contributed by atoms with E-state index >= 15 is 0 Å². The second-order valence-electron chi connectivity index (χ2n) is 3.11. The summed E-state index contributed by atoms with van der Waals surface area (Å²) in [5, 5.41) is 10.5. The molecule has 0 amide bonds. The number of non-ortho nitro benzene ring substituents is 1. The molecule has 0 aromatic heterocycles. The van der Waals surface area contributed by atoms with Gasteiger partial charge in [0.25, 0.3) is 5.69 Å². The highest BCUT2D eigenvalue weighted by molar-refractivity contribution is 9.10. The molecule has 5 nitrogen and oxygen atoms in total. The minimum atomic E-state index is -0.668. The molecule has 1 atom stereocenters. The number of carbonyl (C=O) groups is 1. The normalized spacial score (nSPS) is 12.2. The van der Waals surface area contributed by atoms with Crippen molar-refractivity contribution in [2.45, 2.75) is 13.0 Å². The van der Waals surface area contributed by atoms with Crippen molar-refractivity contribution in [3.8, 4) is 0 Å². The van der Waals surface area contributed by atoms with Crippen LogP contribution in [-0.2, 0) is 0 Å². The lowest BCUT2D eigenvalue weighted by molar-refractivity contribution is -0.384. The molecule has 15 heavy (non-hydrogen) atoms. The van der Waals surface area contributed by atoms with Crippen LogP contribution in [0, 0.1) is 10.1 Å². The Hall–Kier alpha value is -1.27. The summed E-state index contributed by atoms with van der Waals surface area (Å²) >= 11 is 3.10. The van der Waals surface area contributed by atoms with E-state index in [1.807, 2.05) is 0 Å². The van der Waals surface area contributed by atoms with Crippen LogP contribution in [0.5, 0.6) is 0 Å². The first-order valence-electron chi connectivity index (χ1n) is 4.16. The summed E-state index contributed by atoms with van der Waals surface area (Å²) in [5.74, 6) is -0.320. The van der Waals surface area contributed by atoms with Crippen molar-refractivity contribution in [1.29, 1.82) is 0 Å². The molecule has 2 N–H and O–H groups in total. The summed E-state index contributed by atoms with van der Waals surface area (Å²) < 4.78 is 0.487. The summed E-state index contributed by atoms with van der Waals surface area (Å²) in [5.41, 5.74) is 5.52. The van der Waals surface area contributed by atoms with E-state index in [9.17, 15) is 14.9 Å². The Balaban J connectivity index is 3.20. The third-order valence-corrected chi connectivity index (χ3v) is 2.25. The van der Waals surface area contributed by atoms with Crippen LogP contribution in [-0.4, -0.2) is 16.7 Å². The summed E-state index contributed by atoms with van der Waals surface area (Å²) in [6, 6.07) is 3.39. The maximum Gasteiger partial charge on any atom is 0.271 e. The highest BCUT2D eigenvalue weighted by Crippen LogP contribution is 2.21.